The van der Waals surface area contributed by atoms with E-state index in [0.29, 0.717) is 25.1 Å². The van der Waals surface area contributed by atoms with E-state index >= 15 is 0 Å². The second-order valence-electron chi connectivity index (χ2n) is 8.48. The van der Waals surface area contributed by atoms with Crippen molar-refractivity contribution in [1.29, 1.82) is 0 Å². The molecule has 1 aliphatic rings. The Balaban J connectivity index is 1.75. The normalized spacial score (nSPS) is 18.2. The van der Waals surface area contributed by atoms with Crippen molar-refractivity contribution in [2.24, 2.45) is 5.92 Å². The van der Waals surface area contributed by atoms with E-state index in [4.69, 9.17) is 4.74 Å². The molecule has 2 unspecified atom stereocenters. The Morgan fingerprint density at radius 3 is 2.48 bits per heavy atom. The molecule has 6 heteroatoms. The summed E-state index contributed by atoms with van der Waals surface area (Å²) in [5.74, 6) is 0.291. The van der Waals surface area contributed by atoms with Crippen LogP contribution >= 0.6 is 0 Å². The lowest BCUT2D eigenvalue weighted by Gasteiger charge is -2.42. The van der Waals surface area contributed by atoms with Crippen molar-refractivity contribution < 1.29 is 14.3 Å². The van der Waals surface area contributed by atoms with Gasteiger partial charge in [-0.15, -0.1) is 0 Å². The van der Waals surface area contributed by atoms with Crippen molar-refractivity contribution in [3.05, 3.63) is 89.7 Å². The fourth-order valence-electron chi connectivity index (χ4n) is 4.55. The van der Waals surface area contributed by atoms with E-state index in [0.717, 1.165) is 22.4 Å². The minimum atomic E-state index is -0.461. The third kappa shape index (κ3) is 4.75. The molecule has 6 nitrogen and oxygen atoms in total. The van der Waals surface area contributed by atoms with Gasteiger partial charge in [-0.25, -0.2) is 0 Å². The number of aryl methyl sites for hydroxylation is 1. The summed E-state index contributed by atoms with van der Waals surface area (Å²) >= 11 is 0. The molecule has 2 atom stereocenters. The van der Waals surface area contributed by atoms with Gasteiger partial charge in [0.05, 0.1) is 19.1 Å². The lowest BCUT2D eigenvalue weighted by Crippen LogP contribution is -2.48. The van der Waals surface area contributed by atoms with Gasteiger partial charge in [0.2, 0.25) is 11.8 Å². The number of aromatic nitrogens is 1. The van der Waals surface area contributed by atoms with E-state index in [2.05, 4.69) is 4.98 Å². The number of nitrogens with zero attached hydrogens (tertiary/aromatic N) is 3. The average molecular weight is 444 g/mol. The average Bonchev–Trinajstić information content (AvgIpc) is 2.84. The van der Waals surface area contributed by atoms with E-state index in [1.807, 2.05) is 74.6 Å². The van der Waals surface area contributed by atoms with Gasteiger partial charge in [0.15, 0.2) is 0 Å². The summed E-state index contributed by atoms with van der Waals surface area (Å²) in [6.07, 6.45) is 4.26. The summed E-state index contributed by atoms with van der Waals surface area (Å²) in [7, 11) is 3.43. The maximum absolute atomic E-state index is 13.8. The topological polar surface area (TPSA) is 62.7 Å². The number of piperidine rings is 1. The van der Waals surface area contributed by atoms with Crippen molar-refractivity contribution in [3.63, 3.8) is 0 Å². The summed E-state index contributed by atoms with van der Waals surface area (Å²) < 4.78 is 5.65. The SMILES string of the molecule is COc1ccccc1C1C(C(=O)N(C)Cc2ccncc2)CCC(=O)N1c1ccc(C)cc1. The van der Waals surface area contributed by atoms with Crippen LogP contribution in [-0.4, -0.2) is 35.9 Å². The molecule has 0 spiro atoms. The monoisotopic (exact) mass is 443 g/mol. The lowest BCUT2D eigenvalue weighted by molar-refractivity contribution is -0.137. The number of rotatable bonds is 6. The van der Waals surface area contributed by atoms with Gasteiger partial charge in [-0.05, 0) is 49.2 Å². The first-order chi connectivity index (χ1) is 16.0. The van der Waals surface area contributed by atoms with Gasteiger partial charge in [-0.3, -0.25) is 14.6 Å². The third-order valence-electron chi connectivity index (χ3n) is 6.23. The van der Waals surface area contributed by atoms with Crippen LogP contribution in [0.1, 0.15) is 35.6 Å². The second kappa shape index (κ2) is 9.86. The van der Waals surface area contributed by atoms with Crippen LogP contribution in [0.15, 0.2) is 73.1 Å². The number of anilines is 1. The zero-order valence-corrected chi connectivity index (χ0v) is 19.3. The van der Waals surface area contributed by atoms with Gasteiger partial charge in [0.25, 0.3) is 0 Å². The van der Waals surface area contributed by atoms with Crippen LogP contribution in [-0.2, 0) is 16.1 Å². The Kier molecular flexibility index (Phi) is 6.73. The standard InChI is InChI=1S/C27H29N3O3/c1-19-8-10-21(11-9-19)30-25(31)13-12-23(26(30)22-6-4-5-7-24(22)33-3)27(32)29(2)18-20-14-16-28-17-15-20/h4-11,14-17,23,26H,12-13,18H2,1-3H3. The number of benzene rings is 2. The Morgan fingerprint density at radius 1 is 1.09 bits per heavy atom. The molecular formula is C27H29N3O3. The van der Waals surface area contributed by atoms with Gasteiger partial charge in [-0.2, -0.15) is 0 Å². The van der Waals surface area contributed by atoms with E-state index in [1.165, 1.54) is 0 Å². The predicted octanol–water partition coefficient (Wildman–Crippen LogP) is 4.54. The summed E-state index contributed by atoms with van der Waals surface area (Å²) in [6, 6.07) is 18.9. The quantitative estimate of drug-likeness (QED) is 0.561. The molecule has 4 rings (SSSR count). The molecular weight excluding hydrogens is 414 g/mol. The second-order valence-corrected chi connectivity index (χ2v) is 8.48. The van der Waals surface area contributed by atoms with Crippen LogP contribution in [0.25, 0.3) is 0 Å². The van der Waals surface area contributed by atoms with E-state index in [-0.39, 0.29) is 11.8 Å². The molecule has 1 fully saturated rings. The summed E-state index contributed by atoms with van der Waals surface area (Å²) in [6.45, 7) is 2.49. The minimum absolute atomic E-state index is 0.00679. The molecule has 0 N–H and O–H groups in total. The van der Waals surface area contributed by atoms with Crippen molar-refractivity contribution in [1.82, 2.24) is 9.88 Å². The van der Waals surface area contributed by atoms with Gasteiger partial charge in [0.1, 0.15) is 5.75 Å². The molecule has 170 valence electrons. The fraction of sp³-hybridized carbons (Fsp3) is 0.296. The van der Waals surface area contributed by atoms with E-state index < -0.39 is 12.0 Å². The van der Waals surface area contributed by atoms with Crippen LogP contribution in [0.5, 0.6) is 5.75 Å². The first-order valence-corrected chi connectivity index (χ1v) is 11.1. The van der Waals surface area contributed by atoms with Crippen LogP contribution in [0.4, 0.5) is 5.69 Å². The molecule has 2 heterocycles. The first-order valence-electron chi connectivity index (χ1n) is 11.1. The highest BCUT2D eigenvalue weighted by molar-refractivity contribution is 5.97. The van der Waals surface area contributed by atoms with Crippen molar-refractivity contribution in [2.75, 3.05) is 19.1 Å². The molecule has 3 aromatic rings. The number of amides is 2. The summed E-state index contributed by atoms with van der Waals surface area (Å²) in [4.78, 5) is 34.6. The highest BCUT2D eigenvalue weighted by Crippen LogP contribution is 2.43. The predicted molar refractivity (Wildman–Crippen MR) is 128 cm³/mol. The zero-order chi connectivity index (χ0) is 23.4. The summed E-state index contributed by atoms with van der Waals surface area (Å²) in [5, 5.41) is 0. The maximum atomic E-state index is 13.8. The zero-order valence-electron chi connectivity index (χ0n) is 19.3. The van der Waals surface area contributed by atoms with Crippen molar-refractivity contribution in [3.8, 4) is 5.75 Å². The number of ether oxygens (including phenoxy) is 1. The molecule has 33 heavy (non-hydrogen) atoms. The van der Waals surface area contributed by atoms with Gasteiger partial charge >= 0.3 is 0 Å². The first kappa shape index (κ1) is 22.5. The smallest absolute Gasteiger partial charge is 0.228 e. The van der Waals surface area contributed by atoms with Gasteiger partial charge in [-0.1, -0.05) is 35.9 Å². The van der Waals surface area contributed by atoms with Gasteiger partial charge < -0.3 is 14.5 Å². The van der Waals surface area contributed by atoms with Gasteiger partial charge in [0, 0.05) is 43.7 Å². The largest absolute Gasteiger partial charge is 0.496 e. The molecule has 0 saturated carbocycles. The molecule has 0 radical (unpaired) electrons. The fourth-order valence-corrected chi connectivity index (χ4v) is 4.55. The molecule has 2 aromatic carbocycles. The molecule has 0 aliphatic carbocycles. The molecule has 1 saturated heterocycles. The molecule has 0 bridgehead atoms. The van der Waals surface area contributed by atoms with Crippen LogP contribution in [0.2, 0.25) is 0 Å². The highest BCUT2D eigenvalue weighted by atomic mass is 16.5. The van der Waals surface area contributed by atoms with E-state index in [9.17, 15) is 9.59 Å². The number of carbonyl (C=O) groups is 2. The molecule has 1 aliphatic heterocycles. The minimum Gasteiger partial charge on any atom is -0.496 e. The third-order valence-corrected chi connectivity index (χ3v) is 6.23. The summed E-state index contributed by atoms with van der Waals surface area (Å²) in [5.41, 5.74) is 3.75. The molecule has 1 aromatic heterocycles. The lowest BCUT2D eigenvalue weighted by atomic mass is 9.82. The Morgan fingerprint density at radius 2 is 1.79 bits per heavy atom. The number of para-hydroxylation sites is 1. The number of hydrogen-bond acceptors (Lipinski definition) is 4. The van der Waals surface area contributed by atoms with Crippen LogP contribution in [0.3, 0.4) is 0 Å². The Bertz CT molecular complexity index is 1110. The van der Waals surface area contributed by atoms with Crippen molar-refractivity contribution >= 4 is 17.5 Å². The number of methoxy groups -OCH3 is 1. The number of pyridine rings is 1. The Labute approximate surface area is 194 Å². The maximum Gasteiger partial charge on any atom is 0.228 e. The van der Waals surface area contributed by atoms with Crippen LogP contribution < -0.4 is 9.64 Å². The van der Waals surface area contributed by atoms with E-state index in [1.54, 1.807) is 29.3 Å². The van der Waals surface area contributed by atoms with Crippen molar-refractivity contribution in [2.45, 2.75) is 32.4 Å². The number of carbonyl (C=O) groups excluding carboxylic acids is 2. The highest BCUT2D eigenvalue weighted by Gasteiger charge is 2.43. The number of hydrogen-bond donors (Lipinski definition) is 0. The Hall–Kier alpha value is -3.67. The van der Waals surface area contributed by atoms with Crippen LogP contribution in [0, 0.1) is 12.8 Å². The molecule has 2 amide bonds.